The highest BCUT2D eigenvalue weighted by molar-refractivity contribution is 5.84. The minimum absolute atomic E-state index is 0.0463. The van der Waals surface area contributed by atoms with Crippen LogP contribution in [0, 0.1) is 6.92 Å². The smallest absolute Gasteiger partial charge is 0.0466 e. The zero-order valence-corrected chi connectivity index (χ0v) is 21.1. The lowest BCUT2D eigenvalue weighted by Gasteiger charge is -2.48. The molecular formula is C32H34N2. The molecule has 0 radical (unpaired) electrons. The number of hydrogen-bond donors (Lipinski definition) is 0. The zero-order valence-electron chi connectivity index (χ0n) is 21.1. The predicted octanol–water partition coefficient (Wildman–Crippen LogP) is 9.04. The van der Waals surface area contributed by atoms with E-state index in [9.17, 15) is 0 Å². The third-order valence-electron chi connectivity index (χ3n) is 6.92. The van der Waals surface area contributed by atoms with Crippen LogP contribution < -0.4 is 9.80 Å². The van der Waals surface area contributed by atoms with Gasteiger partial charge >= 0.3 is 0 Å². The summed E-state index contributed by atoms with van der Waals surface area (Å²) in [7, 11) is 0. The number of para-hydroxylation sites is 2. The van der Waals surface area contributed by atoms with E-state index >= 15 is 0 Å². The molecule has 4 aromatic rings. The molecule has 0 atom stereocenters. The van der Waals surface area contributed by atoms with Crippen molar-refractivity contribution >= 4 is 28.4 Å². The molecule has 4 aromatic carbocycles. The van der Waals surface area contributed by atoms with Crippen LogP contribution in [0.3, 0.4) is 0 Å². The fraction of sp³-hybridized carbons (Fsp3) is 0.250. The first-order chi connectivity index (χ1) is 16.2. The van der Waals surface area contributed by atoms with E-state index in [1.54, 1.807) is 0 Å². The number of benzene rings is 4. The van der Waals surface area contributed by atoms with Gasteiger partial charge in [-0.15, -0.1) is 0 Å². The lowest BCUT2D eigenvalue weighted by atomic mass is 9.72. The average Bonchev–Trinajstić information content (AvgIpc) is 2.81. The maximum atomic E-state index is 2.52. The highest BCUT2D eigenvalue weighted by Gasteiger charge is 2.40. The molecule has 2 heteroatoms. The van der Waals surface area contributed by atoms with E-state index in [2.05, 4.69) is 148 Å². The molecule has 34 heavy (non-hydrogen) atoms. The van der Waals surface area contributed by atoms with Crippen molar-refractivity contribution in [2.24, 2.45) is 0 Å². The molecule has 0 spiro atoms. The molecule has 1 heterocycles. The molecule has 0 aliphatic carbocycles. The Morgan fingerprint density at radius 1 is 0.618 bits per heavy atom. The maximum Gasteiger partial charge on any atom is 0.0466 e. The van der Waals surface area contributed by atoms with Gasteiger partial charge in [-0.2, -0.15) is 0 Å². The number of aryl methyl sites for hydroxylation is 1. The fourth-order valence-corrected chi connectivity index (χ4v) is 5.30. The monoisotopic (exact) mass is 446 g/mol. The van der Waals surface area contributed by atoms with Gasteiger partial charge in [0.15, 0.2) is 0 Å². The van der Waals surface area contributed by atoms with Crippen LogP contribution >= 0.6 is 0 Å². The maximum absolute atomic E-state index is 2.52. The van der Waals surface area contributed by atoms with E-state index in [1.807, 2.05) is 0 Å². The molecule has 0 saturated carbocycles. The van der Waals surface area contributed by atoms with Crippen molar-refractivity contribution in [1.82, 2.24) is 0 Å². The number of hydrogen-bond acceptors (Lipinski definition) is 2. The van der Waals surface area contributed by atoms with Crippen LogP contribution in [0.2, 0.25) is 0 Å². The summed E-state index contributed by atoms with van der Waals surface area (Å²) in [6, 6.07) is 35.2. The van der Waals surface area contributed by atoms with Crippen molar-refractivity contribution in [2.75, 3.05) is 9.80 Å². The van der Waals surface area contributed by atoms with Crippen LogP contribution in [-0.4, -0.2) is 5.54 Å². The molecule has 0 aromatic heterocycles. The standard InChI is InChI=1S/C32H34N2/c1-23-17-19-29-27(21-23)32(5,6)28-22-26(18-20-30(28)34(29)31(2,3)4)33(24-13-9-7-10-14-24)25-15-11-8-12-16-25/h7-22H,1-6H3. The zero-order chi connectivity index (χ0) is 24.1. The van der Waals surface area contributed by atoms with Crippen molar-refractivity contribution in [3.8, 4) is 0 Å². The number of fused-ring (bicyclic) bond motifs is 2. The SMILES string of the molecule is Cc1ccc2c(c1)C(C)(C)c1cc(N(c3ccccc3)c3ccccc3)ccc1N2C(C)(C)C. The number of anilines is 5. The lowest BCUT2D eigenvalue weighted by molar-refractivity contribution is 0.530. The Hall–Kier alpha value is -3.52. The largest absolute Gasteiger partial charge is 0.336 e. The Morgan fingerprint density at radius 2 is 1.12 bits per heavy atom. The van der Waals surface area contributed by atoms with E-state index in [0.29, 0.717) is 0 Å². The van der Waals surface area contributed by atoms with Gasteiger partial charge in [0.1, 0.15) is 0 Å². The molecule has 172 valence electrons. The van der Waals surface area contributed by atoms with E-state index in [1.165, 1.54) is 33.8 Å². The van der Waals surface area contributed by atoms with Crippen LogP contribution in [-0.2, 0) is 5.41 Å². The summed E-state index contributed by atoms with van der Waals surface area (Å²) < 4.78 is 0. The molecule has 2 nitrogen and oxygen atoms in total. The van der Waals surface area contributed by atoms with Crippen LogP contribution in [0.4, 0.5) is 28.4 Å². The third-order valence-corrected chi connectivity index (χ3v) is 6.92. The first kappa shape index (κ1) is 22.3. The topological polar surface area (TPSA) is 6.48 Å². The first-order valence-corrected chi connectivity index (χ1v) is 12.1. The molecule has 0 N–H and O–H groups in total. The molecule has 0 bridgehead atoms. The minimum atomic E-state index is -0.118. The van der Waals surface area contributed by atoms with Gasteiger partial charge in [0, 0.05) is 39.4 Å². The van der Waals surface area contributed by atoms with Crippen molar-refractivity contribution in [3.63, 3.8) is 0 Å². The molecule has 0 fully saturated rings. The summed E-state index contributed by atoms with van der Waals surface area (Å²) in [6.45, 7) is 13.8. The van der Waals surface area contributed by atoms with Crippen molar-refractivity contribution < 1.29 is 0 Å². The predicted molar refractivity (Wildman–Crippen MR) is 146 cm³/mol. The molecular weight excluding hydrogens is 412 g/mol. The molecule has 0 unspecified atom stereocenters. The summed E-state index contributed by atoms with van der Waals surface area (Å²) in [5.74, 6) is 0. The van der Waals surface area contributed by atoms with Gasteiger partial charge in [0.2, 0.25) is 0 Å². The third kappa shape index (κ3) is 3.68. The summed E-state index contributed by atoms with van der Waals surface area (Å²) in [5.41, 5.74) is 9.98. The van der Waals surface area contributed by atoms with E-state index in [4.69, 9.17) is 0 Å². The van der Waals surface area contributed by atoms with Crippen LogP contribution in [0.1, 0.15) is 51.3 Å². The Morgan fingerprint density at radius 3 is 1.65 bits per heavy atom. The summed E-state index contributed by atoms with van der Waals surface area (Å²) in [6.07, 6.45) is 0. The Kier molecular flexibility index (Phi) is 5.28. The van der Waals surface area contributed by atoms with E-state index in [0.717, 1.165) is 11.4 Å². The fourth-order valence-electron chi connectivity index (χ4n) is 5.30. The van der Waals surface area contributed by atoms with Gasteiger partial charge in [0.05, 0.1) is 0 Å². The molecule has 1 aliphatic heterocycles. The van der Waals surface area contributed by atoms with Gasteiger partial charge < -0.3 is 9.80 Å². The second kappa shape index (κ2) is 8.06. The quantitative estimate of drug-likeness (QED) is 0.310. The van der Waals surface area contributed by atoms with Crippen molar-refractivity contribution in [1.29, 1.82) is 0 Å². The second-order valence-electron chi connectivity index (χ2n) is 10.9. The van der Waals surface area contributed by atoms with Crippen LogP contribution in [0.25, 0.3) is 0 Å². The van der Waals surface area contributed by atoms with Crippen LogP contribution in [0.5, 0.6) is 0 Å². The van der Waals surface area contributed by atoms with Gasteiger partial charge in [0.25, 0.3) is 0 Å². The normalized spacial score (nSPS) is 14.4. The van der Waals surface area contributed by atoms with Gasteiger partial charge in [-0.25, -0.2) is 0 Å². The van der Waals surface area contributed by atoms with Gasteiger partial charge in [-0.3, -0.25) is 0 Å². The first-order valence-electron chi connectivity index (χ1n) is 12.1. The van der Waals surface area contributed by atoms with E-state index in [-0.39, 0.29) is 11.0 Å². The molecule has 0 amide bonds. The highest BCUT2D eigenvalue weighted by atomic mass is 15.2. The van der Waals surface area contributed by atoms with Crippen LogP contribution in [0.15, 0.2) is 97.1 Å². The summed E-state index contributed by atoms with van der Waals surface area (Å²) in [5, 5.41) is 0. The molecule has 1 aliphatic rings. The molecule has 0 saturated heterocycles. The molecule has 5 rings (SSSR count). The Balaban J connectivity index is 1.75. The van der Waals surface area contributed by atoms with Gasteiger partial charge in [-0.05, 0) is 87.4 Å². The van der Waals surface area contributed by atoms with Crippen molar-refractivity contribution in [3.05, 3.63) is 114 Å². The highest BCUT2D eigenvalue weighted by Crippen LogP contribution is 2.53. The Labute approximate surface area is 204 Å². The van der Waals surface area contributed by atoms with Gasteiger partial charge in [-0.1, -0.05) is 67.9 Å². The summed E-state index contributed by atoms with van der Waals surface area (Å²) in [4.78, 5) is 4.87. The Bertz CT molecular complexity index is 1270. The van der Waals surface area contributed by atoms with Crippen molar-refractivity contribution in [2.45, 2.75) is 52.5 Å². The lowest BCUT2D eigenvalue weighted by Crippen LogP contribution is -2.43. The minimum Gasteiger partial charge on any atom is -0.336 e. The average molecular weight is 447 g/mol. The number of nitrogens with zero attached hydrogens (tertiary/aromatic N) is 2. The summed E-state index contributed by atoms with van der Waals surface area (Å²) >= 11 is 0. The van der Waals surface area contributed by atoms with E-state index < -0.39 is 0 Å². The second-order valence-corrected chi connectivity index (χ2v) is 10.9. The number of rotatable bonds is 3.